The highest BCUT2D eigenvalue weighted by Gasteiger charge is 2.27. The third kappa shape index (κ3) is 6.13. The van der Waals surface area contributed by atoms with E-state index in [1.807, 2.05) is 19.3 Å². The molecule has 198 valence electrons. The summed E-state index contributed by atoms with van der Waals surface area (Å²) in [5.74, 6) is 0. The monoisotopic (exact) mass is 510 g/mol. The lowest BCUT2D eigenvalue weighted by Gasteiger charge is -2.29. The van der Waals surface area contributed by atoms with Gasteiger partial charge in [0.05, 0.1) is 10.6 Å². The zero-order chi connectivity index (χ0) is 27.8. The minimum Gasteiger partial charge on any atom is -0.362 e. The Morgan fingerprint density at radius 3 is 1.79 bits per heavy atom. The number of benzene rings is 3. The van der Waals surface area contributed by atoms with Crippen molar-refractivity contribution in [2.24, 2.45) is 7.05 Å². The van der Waals surface area contributed by atoms with Crippen LogP contribution >= 0.6 is 0 Å². The van der Waals surface area contributed by atoms with E-state index in [0.29, 0.717) is 13.1 Å². The van der Waals surface area contributed by atoms with Crippen LogP contribution in [-0.4, -0.2) is 14.7 Å². The second kappa shape index (κ2) is 10.4. The smallest absolute Gasteiger partial charge is 0.270 e. The van der Waals surface area contributed by atoms with Crippen molar-refractivity contribution in [1.29, 1.82) is 0 Å². The molecule has 1 heterocycles. The summed E-state index contributed by atoms with van der Waals surface area (Å²) in [6.07, 6.45) is 2.02. The zero-order valence-corrected chi connectivity index (χ0v) is 23.8. The molecule has 6 nitrogen and oxygen atoms in total. The van der Waals surface area contributed by atoms with E-state index in [4.69, 9.17) is 5.10 Å². The van der Waals surface area contributed by atoms with Gasteiger partial charge in [0.15, 0.2) is 0 Å². The van der Waals surface area contributed by atoms with Crippen molar-refractivity contribution in [1.82, 2.24) is 9.78 Å². The Labute approximate surface area is 226 Å². The molecular weight excluding hydrogens is 472 g/mol. The van der Waals surface area contributed by atoms with Crippen molar-refractivity contribution in [3.63, 3.8) is 0 Å². The summed E-state index contributed by atoms with van der Waals surface area (Å²) in [6, 6.07) is 18.4. The number of aryl methyl sites for hydroxylation is 5. The highest BCUT2D eigenvalue weighted by atomic mass is 16.6. The van der Waals surface area contributed by atoms with Gasteiger partial charge in [-0.25, -0.2) is 0 Å². The Kier molecular flexibility index (Phi) is 7.45. The van der Waals surface area contributed by atoms with Crippen molar-refractivity contribution >= 4 is 11.4 Å². The normalized spacial score (nSPS) is 11.6. The quantitative estimate of drug-likeness (QED) is 0.188. The van der Waals surface area contributed by atoms with Gasteiger partial charge >= 0.3 is 0 Å². The molecule has 3 aromatic carbocycles. The number of nitro benzene ring substituents is 1. The number of non-ortho nitro benzene ring substituents is 1. The summed E-state index contributed by atoms with van der Waals surface area (Å²) in [4.78, 5) is 13.8. The average Bonchev–Trinajstić information content (AvgIpc) is 3.19. The molecule has 0 spiro atoms. The van der Waals surface area contributed by atoms with E-state index in [1.165, 1.54) is 33.4 Å². The predicted molar refractivity (Wildman–Crippen MR) is 156 cm³/mol. The van der Waals surface area contributed by atoms with Gasteiger partial charge in [-0.3, -0.25) is 14.8 Å². The topological polar surface area (TPSA) is 64.2 Å². The second-order valence-corrected chi connectivity index (χ2v) is 11.6. The first-order valence-corrected chi connectivity index (χ1v) is 13.0. The number of nitro groups is 1. The number of hydrogen-bond acceptors (Lipinski definition) is 4. The third-order valence-corrected chi connectivity index (χ3v) is 6.73. The van der Waals surface area contributed by atoms with Crippen LogP contribution in [0, 0.1) is 37.8 Å². The van der Waals surface area contributed by atoms with Gasteiger partial charge in [0.25, 0.3) is 5.69 Å². The molecule has 0 amide bonds. The van der Waals surface area contributed by atoms with Gasteiger partial charge in [-0.2, -0.15) is 5.10 Å². The summed E-state index contributed by atoms with van der Waals surface area (Å²) in [5, 5.41) is 16.7. The standard InChI is InChI=1S/C32H38N4O2/c1-21-11-22(2)14-25(13-21)18-35(19-26-15-23(3)12-24(4)16-26)30-10-9-27(36(37)38)17-28(30)31-29(32(5,6)7)20-34(8)33-31/h9-17,20H,18-19H2,1-8H3. The fourth-order valence-electron chi connectivity index (χ4n) is 5.33. The van der Waals surface area contributed by atoms with Crippen LogP contribution in [0.25, 0.3) is 11.3 Å². The molecule has 0 aliphatic rings. The number of aromatic nitrogens is 2. The van der Waals surface area contributed by atoms with Crippen molar-refractivity contribution in [2.45, 2.75) is 67.0 Å². The van der Waals surface area contributed by atoms with Crippen molar-refractivity contribution < 1.29 is 4.92 Å². The Morgan fingerprint density at radius 2 is 1.34 bits per heavy atom. The molecule has 4 aromatic rings. The molecule has 0 saturated heterocycles. The number of hydrogen-bond donors (Lipinski definition) is 0. The summed E-state index contributed by atoms with van der Waals surface area (Å²) >= 11 is 0. The molecule has 0 bridgehead atoms. The molecule has 0 aliphatic heterocycles. The van der Waals surface area contributed by atoms with E-state index in [9.17, 15) is 10.1 Å². The minimum atomic E-state index is -0.328. The van der Waals surface area contributed by atoms with Gasteiger partial charge in [-0.1, -0.05) is 79.4 Å². The first-order valence-electron chi connectivity index (χ1n) is 13.0. The molecule has 0 N–H and O–H groups in total. The molecule has 0 radical (unpaired) electrons. The molecule has 1 aromatic heterocycles. The molecule has 4 rings (SSSR count). The van der Waals surface area contributed by atoms with Crippen LogP contribution in [0.3, 0.4) is 0 Å². The van der Waals surface area contributed by atoms with Crippen molar-refractivity contribution in [2.75, 3.05) is 4.90 Å². The highest BCUT2D eigenvalue weighted by Crippen LogP contribution is 2.40. The molecule has 0 unspecified atom stereocenters. The van der Waals surface area contributed by atoms with E-state index in [-0.39, 0.29) is 16.0 Å². The number of nitrogens with zero attached hydrogens (tertiary/aromatic N) is 4. The van der Waals surface area contributed by atoms with Crippen LogP contribution in [0.2, 0.25) is 0 Å². The van der Waals surface area contributed by atoms with E-state index >= 15 is 0 Å². The van der Waals surface area contributed by atoms with Gasteiger partial charge in [0, 0.05) is 55.3 Å². The lowest BCUT2D eigenvalue weighted by Crippen LogP contribution is -2.23. The molecule has 0 saturated carbocycles. The maximum absolute atomic E-state index is 11.9. The predicted octanol–water partition coefficient (Wildman–Crippen LogP) is 7.73. The lowest BCUT2D eigenvalue weighted by atomic mass is 9.85. The van der Waals surface area contributed by atoms with Crippen LogP contribution in [0.5, 0.6) is 0 Å². The second-order valence-electron chi connectivity index (χ2n) is 11.6. The first-order chi connectivity index (χ1) is 17.8. The van der Waals surface area contributed by atoms with Crippen LogP contribution in [0.4, 0.5) is 11.4 Å². The molecule has 0 aliphatic carbocycles. The Balaban J connectivity index is 1.94. The lowest BCUT2D eigenvalue weighted by molar-refractivity contribution is -0.384. The van der Waals surface area contributed by atoms with E-state index in [1.54, 1.807) is 16.8 Å². The fraction of sp³-hybridized carbons (Fsp3) is 0.344. The van der Waals surface area contributed by atoms with Gasteiger partial charge in [-0.15, -0.1) is 0 Å². The summed E-state index contributed by atoms with van der Waals surface area (Å²) in [5.41, 5.74) is 10.7. The molecule has 0 fully saturated rings. The largest absolute Gasteiger partial charge is 0.362 e. The van der Waals surface area contributed by atoms with Gasteiger partial charge < -0.3 is 4.90 Å². The maximum atomic E-state index is 11.9. The van der Waals surface area contributed by atoms with Gasteiger partial charge in [0.2, 0.25) is 0 Å². The van der Waals surface area contributed by atoms with E-state index < -0.39 is 0 Å². The van der Waals surface area contributed by atoms with Crippen LogP contribution in [0.1, 0.15) is 59.7 Å². The van der Waals surface area contributed by atoms with Gasteiger partial charge in [0.1, 0.15) is 0 Å². The summed E-state index contributed by atoms with van der Waals surface area (Å²) < 4.78 is 1.80. The van der Waals surface area contributed by atoms with Crippen molar-refractivity contribution in [3.05, 3.63) is 110 Å². The molecule has 0 atom stereocenters. The molecule has 6 heteroatoms. The zero-order valence-electron chi connectivity index (χ0n) is 23.8. The summed E-state index contributed by atoms with van der Waals surface area (Å²) in [6.45, 7) is 16.2. The van der Waals surface area contributed by atoms with E-state index in [2.05, 4.69) is 89.8 Å². The maximum Gasteiger partial charge on any atom is 0.270 e. The van der Waals surface area contributed by atoms with Gasteiger partial charge in [-0.05, 0) is 50.3 Å². The average molecular weight is 511 g/mol. The SMILES string of the molecule is Cc1cc(C)cc(CN(Cc2cc(C)cc(C)c2)c2ccc([N+](=O)[O-])cc2-c2nn(C)cc2C(C)(C)C)c1. The summed E-state index contributed by atoms with van der Waals surface area (Å²) in [7, 11) is 1.90. The van der Waals surface area contributed by atoms with Crippen LogP contribution in [0.15, 0.2) is 60.8 Å². The third-order valence-electron chi connectivity index (χ3n) is 6.73. The highest BCUT2D eigenvalue weighted by molar-refractivity contribution is 5.81. The Bertz CT molecular complexity index is 1400. The first kappa shape index (κ1) is 27.1. The number of rotatable bonds is 7. The Morgan fingerprint density at radius 1 is 0.842 bits per heavy atom. The van der Waals surface area contributed by atoms with Crippen LogP contribution in [-0.2, 0) is 25.6 Å². The Hall–Kier alpha value is -3.93. The van der Waals surface area contributed by atoms with Crippen molar-refractivity contribution in [3.8, 4) is 11.3 Å². The molecule has 38 heavy (non-hydrogen) atoms. The fourth-order valence-corrected chi connectivity index (χ4v) is 5.33. The molecular formula is C32H38N4O2. The van der Waals surface area contributed by atoms with Crippen LogP contribution < -0.4 is 4.90 Å². The minimum absolute atomic E-state index is 0.0620. The number of anilines is 1. The van der Waals surface area contributed by atoms with E-state index in [0.717, 1.165) is 22.5 Å².